The summed E-state index contributed by atoms with van der Waals surface area (Å²) in [6, 6.07) is 9.51. The second kappa shape index (κ2) is 11.6. The lowest BCUT2D eigenvalue weighted by Crippen LogP contribution is -2.60. The minimum atomic E-state index is -1.60. The molecule has 0 radical (unpaired) electrons. The molecule has 4 rings (SSSR count). The molecule has 0 amide bonds. The van der Waals surface area contributed by atoms with Crippen molar-refractivity contribution in [3.63, 3.8) is 0 Å². The van der Waals surface area contributed by atoms with E-state index < -0.39 is 54.9 Å². The molecule has 0 spiro atoms. The van der Waals surface area contributed by atoms with Gasteiger partial charge in [-0.1, -0.05) is 12.1 Å². The summed E-state index contributed by atoms with van der Waals surface area (Å²) in [5, 5.41) is 71.2. The molecule has 210 valence electrons. The molecule has 2 aliphatic rings. The van der Waals surface area contributed by atoms with Gasteiger partial charge < -0.3 is 59.4 Å². The molecule has 0 bridgehead atoms. The van der Waals surface area contributed by atoms with E-state index in [0.717, 1.165) is 0 Å². The number of hydrogen-bond acceptors (Lipinski definition) is 12. The van der Waals surface area contributed by atoms with Crippen molar-refractivity contribution in [3.8, 4) is 23.0 Å². The number of aromatic hydroxyl groups is 1. The summed E-state index contributed by atoms with van der Waals surface area (Å²) in [7, 11) is 2.82. The van der Waals surface area contributed by atoms with Crippen LogP contribution in [0.4, 0.5) is 0 Å². The van der Waals surface area contributed by atoms with Crippen molar-refractivity contribution < 1.29 is 59.4 Å². The van der Waals surface area contributed by atoms with Crippen LogP contribution >= 0.6 is 0 Å². The van der Waals surface area contributed by atoms with E-state index >= 15 is 0 Å². The minimum absolute atomic E-state index is 0.0272. The van der Waals surface area contributed by atoms with Gasteiger partial charge in [0.2, 0.25) is 6.29 Å². The predicted molar refractivity (Wildman–Crippen MR) is 130 cm³/mol. The van der Waals surface area contributed by atoms with Crippen LogP contribution in [0.3, 0.4) is 0 Å². The average molecular weight is 539 g/mol. The zero-order valence-corrected chi connectivity index (χ0v) is 21.0. The lowest BCUT2D eigenvalue weighted by Gasteiger charge is -2.39. The Morgan fingerprint density at radius 3 is 2.29 bits per heavy atom. The molecule has 38 heavy (non-hydrogen) atoms. The number of hydrogen-bond donors (Lipinski definition) is 7. The highest BCUT2D eigenvalue weighted by atomic mass is 16.7. The topological polar surface area (TPSA) is 188 Å². The van der Waals surface area contributed by atoms with Crippen molar-refractivity contribution in [3.05, 3.63) is 47.5 Å². The van der Waals surface area contributed by atoms with Crippen LogP contribution in [0.15, 0.2) is 36.4 Å². The second-order valence-corrected chi connectivity index (χ2v) is 9.53. The fourth-order valence-electron chi connectivity index (χ4n) is 4.95. The van der Waals surface area contributed by atoms with Gasteiger partial charge in [-0.05, 0) is 35.4 Å². The van der Waals surface area contributed by atoms with Crippen LogP contribution in [0.2, 0.25) is 0 Å². The highest BCUT2D eigenvalue weighted by molar-refractivity contribution is 5.45. The molecule has 8 atom stereocenters. The number of aliphatic hydroxyl groups is 6. The Labute approximate surface area is 219 Å². The summed E-state index contributed by atoms with van der Waals surface area (Å²) in [6.07, 6.45) is -7.80. The Kier molecular flexibility index (Phi) is 8.65. The SMILES string of the molecule is COc1cc(C[C@]2(O)CO[C@H](c3ccc(O[C@H]4O[C@H](CO)[C@@H](O)[C@H](O)[C@H]4O)c(OC)c3)[C@H]2CO)ccc1O. The van der Waals surface area contributed by atoms with E-state index in [4.69, 9.17) is 23.7 Å². The van der Waals surface area contributed by atoms with Gasteiger partial charge in [0.25, 0.3) is 0 Å². The summed E-state index contributed by atoms with van der Waals surface area (Å²) < 4.78 is 27.6. The molecule has 0 saturated carbocycles. The van der Waals surface area contributed by atoms with Gasteiger partial charge in [-0.15, -0.1) is 0 Å². The maximum atomic E-state index is 11.4. The second-order valence-electron chi connectivity index (χ2n) is 9.53. The van der Waals surface area contributed by atoms with Crippen molar-refractivity contribution in [2.24, 2.45) is 5.92 Å². The van der Waals surface area contributed by atoms with Gasteiger partial charge in [0.15, 0.2) is 23.0 Å². The summed E-state index contributed by atoms with van der Waals surface area (Å²) in [5.74, 6) is -0.101. The highest BCUT2D eigenvalue weighted by Crippen LogP contribution is 2.45. The van der Waals surface area contributed by atoms with E-state index in [-0.39, 0.29) is 42.6 Å². The van der Waals surface area contributed by atoms with E-state index in [1.165, 1.54) is 26.4 Å². The first kappa shape index (κ1) is 28.3. The normalized spacial score (nSPS) is 33.2. The van der Waals surface area contributed by atoms with Crippen LogP contribution in [0.1, 0.15) is 17.2 Å². The molecule has 2 fully saturated rings. The number of benzene rings is 2. The van der Waals surface area contributed by atoms with Crippen LogP contribution < -0.4 is 14.2 Å². The van der Waals surface area contributed by atoms with Gasteiger partial charge in [-0.2, -0.15) is 0 Å². The largest absolute Gasteiger partial charge is 0.504 e. The van der Waals surface area contributed by atoms with E-state index in [1.807, 2.05) is 0 Å². The first-order valence-corrected chi connectivity index (χ1v) is 12.1. The van der Waals surface area contributed by atoms with Crippen molar-refractivity contribution in [2.45, 2.75) is 48.8 Å². The molecular formula is C26H34O12. The van der Waals surface area contributed by atoms with Gasteiger partial charge in [0.1, 0.15) is 24.4 Å². The third-order valence-electron chi connectivity index (χ3n) is 7.13. The van der Waals surface area contributed by atoms with Gasteiger partial charge in [-0.3, -0.25) is 0 Å². The fourth-order valence-corrected chi connectivity index (χ4v) is 4.95. The van der Waals surface area contributed by atoms with Crippen LogP contribution in [0.5, 0.6) is 23.0 Å². The van der Waals surface area contributed by atoms with Crippen LogP contribution in [0, 0.1) is 5.92 Å². The Bertz CT molecular complexity index is 1090. The predicted octanol–water partition coefficient (Wildman–Crippen LogP) is -0.758. The number of aliphatic hydroxyl groups excluding tert-OH is 5. The lowest BCUT2D eigenvalue weighted by atomic mass is 9.80. The van der Waals surface area contributed by atoms with Gasteiger partial charge >= 0.3 is 0 Å². The fraction of sp³-hybridized carbons (Fsp3) is 0.538. The molecule has 2 heterocycles. The molecule has 2 aromatic carbocycles. The quantitative estimate of drug-likeness (QED) is 0.212. The number of phenolic OH excluding ortho intramolecular Hbond substituents is 1. The smallest absolute Gasteiger partial charge is 0.229 e. The molecular weight excluding hydrogens is 504 g/mol. The zero-order chi connectivity index (χ0) is 27.6. The first-order valence-electron chi connectivity index (χ1n) is 12.1. The molecule has 12 nitrogen and oxygen atoms in total. The highest BCUT2D eigenvalue weighted by Gasteiger charge is 2.49. The van der Waals surface area contributed by atoms with Crippen LogP contribution in [0.25, 0.3) is 0 Å². The molecule has 0 aliphatic carbocycles. The van der Waals surface area contributed by atoms with Gasteiger partial charge in [0, 0.05) is 12.3 Å². The van der Waals surface area contributed by atoms with E-state index in [2.05, 4.69) is 0 Å². The molecule has 2 saturated heterocycles. The van der Waals surface area contributed by atoms with Gasteiger partial charge in [-0.25, -0.2) is 0 Å². The summed E-state index contributed by atoms with van der Waals surface area (Å²) in [5.41, 5.74) is -0.146. The van der Waals surface area contributed by atoms with E-state index in [1.54, 1.807) is 24.3 Å². The lowest BCUT2D eigenvalue weighted by molar-refractivity contribution is -0.277. The Hall–Kier alpha value is -2.68. The molecule has 0 unspecified atom stereocenters. The first-order chi connectivity index (χ1) is 18.1. The summed E-state index contributed by atoms with van der Waals surface area (Å²) >= 11 is 0. The molecule has 0 aromatic heterocycles. The van der Waals surface area contributed by atoms with Crippen molar-refractivity contribution in [1.29, 1.82) is 0 Å². The van der Waals surface area contributed by atoms with E-state index in [9.17, 15) is 35.7 Å². The molecule has 7 N–H and O–H groups in total. The molecule has 12 heteroatoms. The van der Waals surface area contributed by atoms with Crippen molar-refractivity contribution >= 4 is 0 Å². The number of methoxy groups -OCH3 is 2. The average Bonchev–Trinajstić information content (AvgIpc) is 3.25. The molecule has 2 aromatic rings. The van der Waals surface area contributed by atoms with Crippen molar-refractivity contribution in [1.82, 2.24) is 0 Å². The third-order valence-corrected chi connectivity index (χ3v) is 7.13. The minimum Gasteiger partial charge on any atom is -0.504 e. The maximum Gasteiger partial charge on any atom is 0.229 e. The number of rotatable bonds is 9. The monoisotopic (exact) mass is 538 g/mol. The standard InChI is InChI=1S/C26H34O12/c1-34-18-7-13(3-5-16(18)29)9-26(33)12-36-24(15(26)10-27)14-4-6-17(19(8-14)35-2)37-25-23(32)22(31)21(30)20(11-28)38-25/h3-8,15,20-25,27-33H,9-12H2,1-2H3/t15-,20-,21-,22+,23-,24-,25+,26+/m1/s1. The number of phenols is 1. The Morgan fingerprint density at radius 2 is 1.63 bits per heavy atom. The summed E-state index contributed by atoms with van der Waals surface area (Å²) in [4.78, 5) is 0. The van der Waals surface area contributed by atoms with Crippen LogP contribution in [-0.2, 0) is 15.9 Å². The van der Waals surface area contributed by atoms with E-state index in [0.29, 0.717) is 11.1 Å². The Balaban J connectivity index is 1.53. The van der Waals surface area contributed by atoms with Gasteiger partial charge in [0.05, 0.1) is 45.7 Å². The third kappa shape index (κ3) is 5.40. The maximum absolute atomic E-state index is 11.4. The van der Waals surface area contributed by atoms with Crippen LogP contribution in [-0.4, -0.2) is 106 Å². The summed E-state index contributed by atoms with van der Waals surface area (Å²) in [6.45, 7) is -1.03. The molecule has 2 aliphatic heterocycles. The number of ether oxygens (including phenoxy) is 5. The van der Waals surface area contributed by atoms with Crippen molar-refractivity contribution in [2.75, 3.05) is 34.0 Å². The zero-order valence-electron chi connectivity index (χ0n) is 21.0. The Morgan fingerprint density at radius 1 is 0.895 bits per heavy atom.